The van der Waals surface area contributed by atoms with E-state index in [9.17, 15) is 18.0 Å². The topological polar surface area (TPSA) is 65.2 Å². The minimum absolute atomic E-state index is 0.322. The van der Waals surface area contributed by atoms with E-state index >= 15 is 0 Å². The SMILES string of the molecule is COC(=O)Cc1c(F)cnc(C(F)F)c1N. The van der Waals surface area contributed by atoms with Crippen LogP contribution in [0.25, 0.3) is 0 Å². The van der Waals surface area contributed by atoms with Gasteiger partial charge in [-0.15, -0.1) is 0 Å². The minimum Gasteiger partial charge on any atom is -0.469 e. The fourth-order valence-corrected chi connectivity index (χ4v) is 1.13. The Morgan fingerprint density at radius 2 is 2.25 bits per heavy atom. The molecule has 0 unspecified atom stereocenters. The van der Waals surface area contributed by atoms with Crippen molar-refractivity contribution in [3.05, 3.63) is 23.3 Å². The second-order valence-electron chi connectivity index (χ2n) is 2.94. The van der Waals surface area contributed by atoms with Gasteiger partial charge in [-0.1, -0.05) is 0 Å². The number of rotatable bonds is 3. The van der Waals surface area contributed by atoms with Crippen molar-refractivity contribution in [2.24, 2.45) is 0 Å². The lowest BCUT2D eigenvalue weighted by Crippen LogP contribution is -2.12. The number of hydrogen-bond acceptors (Lipinski definition) is 4. The third kappa shape index (κ3) is 2.41. The van der Waals surface area contributed by atoms with E-state index in [1.807, 2.05) is 0 Å². The van der Waals surface area contributed by atoms with Gasteiger partial charge in [-0.2, -0.15) is 0 Å². The molecule has 0 amide bonds. The van der Waals surface area contributed by atoms with E-state index in [0.717, 1.165) is 7.11 Å². The molecule has 0 radical (unpaired) electrons. The first-order chi connectivity index (χ1) is 7.47. The number of methoxy groups -OCH3 is 1. The molecule has 0 aromatic carbocycles. The molecule has 0 bridgehead atoms. The van der Waals surface area contributed by atoms with Crippen molar-refractivity contribution in [3.8, 4) is 0 Å². The molecule has 0 saturated heterocycles. The van der Waals surface area contributed by atoms with Gasteiger partial charge in [-0.05, 0) is 0 Å². The lowest BCUT2D eigenvalue weighted by Gasteiger charge is -2.09. The maximum atomic E-state index is 13.2. The number of carbonyl (C=O) groups excluding carboxylic acids is 1. The first-order valence-electron chi connectivity index (χ1n) is 4.25. The molecule has 0 spiro atoms. The van der Waals surface area contributed by atoms with Gasteiger partial charge in [-0.3, -0.25) is 9.78 Å². The predicted octanol–water partition coefficient (Wildman–Crippen LogP) is 1.46. The Hall–Kier alpha value is -1.79. The number of ether oxygens (including phenoxy) is 1. The van der Waals surface area contributed by atoms with Crippen LogP contribution in [0.2, 0.25) is 0 Å². The van der Waals surface area contributed by atoms with Gasteiger partial charge in [0.2, 0.25) is 0 Å². The first-order valence-corrected chi connectivity index (χ1v) is 4.25. The van der Waals surface area contributed by atoms with Gasteiger partial charge in [0.1, 0.15) is 11.5 Å². The van der Waals surface area contributed by atoms with E-state index in [2.05, 4.69) is 9.72 Å². The molecule has 2 N–H and O–H groups in total. The summed E-state index contributed by atoms with van der Waals surface area (Å²) in [7, 11) is 1.10. The Kier molecular flexibility index (Phi) is 3.70. The van der Waals surface area contributed by atoms with Gasteiger partial charge < -0.3 is 10.5 Å². The number of hydrogen-bond donors (Lipinski definition) is 1. The number of nitrogens with two attached hydrogens (primary N) is 1. The summed E-state index contributed by atoms with van der Waals surface area (Å²) in [4.78, 5) is 14.1. The number of anilines is 1. The highest BCUT2D eigenvalue weighted by atomic mass is 19.3. The van der Waals surface area contributed by atoms with E-state index < -0.39 is 36.0 Å². The number of esters is 1. The Labute approximate surface area is 89.2 Å². The molecular formula is C9H9F3N2O2. The molecule has 1 aromatic rings. The van der Waals surface area contributed by atoms with Crippen LogP contribution in [-0.4, -0.2) is 18.1 Å². The van der Waals surface area contributed by atoms with Crippen LogP contribution in [0.3, 0.4) is 0 Å². The van der Waals surface area contributed by atoms with Gasteiger partial charge in [0.05, 0.1) is 25.4 Å². The summed E-state index contributed by atoms with van der Waals surface area (Å²) in [5.74, 6) is -1.68. The molecule has 1 aromatic heterocycles. The zero-order chi connectivity index (χ0) is 12.3. The van der Waals surface area contributed by atoms with Crippen molar-refractivity contribution < 1.29 is 22.7 Å². The summed E-state index contributed by atoms with van der Waals surface area (Å²) in [6.45, 7) is 0. The van der Waals surface area contributed by atoms with Gasteiger partial charge in [0.25, 0.3) is 6.43 Å². The fourth-order valence-electron chi connectivity index (χ4n) is 1.13. The molecule has 88 valence electrons. The van der Waals surface area contributed by atoms with Crippen LogP contribution in [0.1, 0.15) is 17.7 Å². The van der Waals surface area contributed by atoms with Crippen molar-refractivity contribution in [3.63, 3.8) is 0 Å². The molecule has 0 aliphatic carbocycles. The van der Waals surface area contributed by atoms with Crippen LogP contribution in [0.15, 0.2) is 6.20 Å². The highest BCUT2D eigenvalue weighted by molar-refractivity contribution is 5.75. The summed E-state index contributed by atoms with van der Waals surface area (Å²) in [6.07, 6.45) is -2.82. The van der Waals surface area contributed by atoms with Crippen LogP contribution in [0.4, 0.5) is 18.9 Å². The number of nitrogens with zero attached hydrogens (tertiary/aromatic N) is 1. The summed E-state index contributed by atoms with van der Waals surface area (Å²) >= 11 is 0. The quantitative estimate of drug-likeness (QED) is 0.804. The fraction of sp³-hybridized carbons (Fsp3) is 0.333. The number of aromatic nitrogens is 1. The zero-order valence-corrected chi connectivity index (χ0v) is 8.34. The van der Waals surface area contributed by atoms with E-state index in [-0.39, 0.29) is 5.56 Å². The van der Waals surface area contributed by atoms with Crippen molar-refractivity contribution >= 4 is 11.7 Å². The van der Waals surface area contributed by atoms with Crippen molar-refractivity contribution in [1.82, 2.24) is 4.98 Å². The molecule has 1 rings (SSSR count). The van der Waals surface area contributed by atoms with Gasteiger partial charge >= 0.3 is 5.97 Å². The normalized spacial score (nSPS) is 10.6. The highest BCUT2D eigenvalue weighted by Crippen LogP contribution is 2.27. The van der Waals surface area contributed by atoms with Gasteiger partial charge in [0, 0.05) is 5.56 Å². The van der Waals surface area contributed by atoms with Crippen LogP contribution < -0.4 is 5.73 Å². The van der Waals surface area contributed by atoms with E-state index in [0.29, 0.717) is 6.20 Å². The Balaban J connectivity index is 3.16. The van der Waals surface area contributed by atoms with E-state index in [1.54, 1.807) is 0 Å². The Morgan fingerprint density at radius 3 is 2.75 bits per heavy atom. The van der Waals surface area contributed by atoms with Crippen LogP contribution in [-0.2, 0) is 16.0 Å². The third-order valence-corrected chi connectivity index (χ3v) is 1.96. The van der Waals surface area contributed by atoms with Crippen LogP contribution >= 0.6 is 0 Å². The van der Waals surface area contributed by atoms with Gasteiger partial charge in [0.15, 0.2) is 0 Å². The number of alkyl halides is 2. The largest absolute Gasteiger partial charge is 0.469 e. The lowest BCUT2D eigenvalue weighted by molar-refractivity contribution is -0.139. The molecule has 0 saturated carbocycles. The highest BCUT2D eigenvalue weighted by Gasteiger charge is 2.20. The zero-order valence-electron chi connectivity index (χ0n) is 8.34. The monoisotopic (exact) mass is 234 g/mol. The average Bonchev–Trinajstić information content (AvgIpc) is 2.23. The van der Waals surface area contributed by atoms with Crippen LogP contribution in [0, 0.1) is 5.82 Å². The summed E-state index contributed by atoms with van der Waals surface area (Å²) in [5, 5.41) is 0. The first kappa shape index (κ1) is 12.3. The molecule has 0 atom stereocenters. The molecule has 0 fully saturated rings. The number of carbonyl (C=O) groups is 1. The predicted molar refractivity (Wildman–Crippen MR) is 49.3 cm³/mol. The van der Waals surface area contributed by atoms with Crippen LogP contribution in [0.5, 0.6) is 0 Å². The van der Waals surface area contributed by atoms with Crippen molar-refractivity contribution in [1.29, 1.82) is 0 Å². The number of halogens is 3. The second kappa shape index (κ2) is 4.82. The summed E-state index contributed by atoms with van der Waals surface area (Å²) in [6, 6.07) is 0. The maximum absolute atomic E-state index is 13.2. The molecule has 0 aliphatic heterocycles. The smallest absolute Gasteiger partial charge is 0.310 e. The van der Waals surface area contributed by atoms with Crippen molar-refractivity contribution in [2.45, 2.75) is 12.8 Å². The standard InChI is InChI=1S/C9H9F3N2O2/c1-16-6(15)2-4-5(10)3-14-8(7(4)13)9(11)12/h3,9H,2,13H2,1H3. The van der Waals surface area contributed by atoms with E-state index in [4.69, 9.17) is 5.73 Å². The van der Waals surface area contributed by atoms with Gasteiger partial charge in [-0.25, -0.2) is 13.2 Å². The minimum atomic E-state index is -2.92. The number of nitrogen functional groups attached to an aromatic ring is 1. The van der Waals surface area contributed by atoms with E-state index in [1.165, 1.54) is 0 Å². The molecular weight excluding hydrogens is 225 g/mol. The molecule has 0 aliphatic rings. The molecule has 16 heavy (non-hydrogen) atoms. The third-order valence-electron chi connectivity index (χ3n) is 1.96. The summed E-state index contributed by atoms with van der Waals surface area (Å²) in [5.41, 5.74) is 3.73. The molecule has 4 nitrogen and oxygen atoms in total. The second-order valence-corrected chi connectivity index (χ2v) is 2.94. The van der Waals surface area contributed by atoms with Crippen molar-refractivity contribution in [2.75, 3.05) is 12.8 Å². The average molecular weight is 234 g/mol. The maximum Gasteiger partial charge on any atom is 0.310 e. The molecule has 7 heteroatoms. The summed E-state index contributed by atoms with van der Waals surface area (Å²) < 4.78 is 42.2. The lowest BCUT2D eigenvalue weighted by atomic mass is 10.1. The number of pyridine rings is 1. The Morgan fingerprint density at radius 1 is 1.62 bits per heavy atom. The molecule has 1 heterocycles. The Bertz CT molecular complexity index is 410.